The van der Waals surface area contributed by atoms with Crippen molar-refractivity contribution < 1.29 is 23.9 Å². The number of nitrogens with zero attached hydrogens (tertiary/aromatic N) is 1. The van der Waals surface area contributed by atoms with Crippen molar-refractivity contribution in [1.29, 1.82) is 0 Å². The van der Waals surface area contributed by atoms with Gasteiger partial charge in [-0.05, 0) is 68.1 Å². The highest BCUT2D eigenvalue weighted by molar-refractivity contribution is 6.00. The van der Waals surface area contributed by atoms with Crippen molar-refractivity contribution in [3.8, 4) is 0 Å². The van der Waals surface area contributed by atoms with Gasteiger partial charge in [0.1, 0.15) is 6.61 Å². The van der Waals surface area contributed by atoms with Crippen LogP contribution in [0.4, 0.5) is 21.0 Å². The number of anilines is 2. The predicted molar refractivity (Wildman–Crippen MR) is 139 cm³/mol. The fraction of sp³-hybridized carbons (Fsp3) is 0.370. The Morgan fingerprint density at radius 3 is 2.39 bits per heavy atom. The number of methoxy groups -OCH3 is 1. The molecule has 1 atom stereocenters. The average molecular weight is 495 g/mol. The molecule has 192 valence electrons. The number of ether oxygens (including phenoxy) is 2. The second-order valence-corrected chi connectivity index (χ2v) is 8.67. The molecule has 0 radical (unpaired) electrons. The number of allylic oxidation sites excluding steroid dienone is 1. The minimum absolute atomic E-state index is 0.0980. The highest BCUT2D eigenvalue weighted by Gasteiger charge is 2.36. The number of hydrogen-bond acceptors (Lipinski definition) is 5. The SMILES string of the molecule is CCCN1C(=O)NC(c2cccc(NC(=O)Nc3ccc(C)c(C)c3)c2)C(C(=O)OCCOC)=C1C. The van der Waals surface area contributed by atoms with Crippen LogP contribution in [0.15, 0.2) is 53.7 Å². The van der Waals surface area contributed by atoms with Crippen LogP contribution >= 0.6 is 0 Å². The molecule has 0 saturated carbocycles. The Morgan fingerprint density at radius 1 is 1.00 bits per heavy atom. The zero-order valence-electron chi connectivity index (χ0n) is 21.4. The van der Waals surface area contributed by atoms with E-state index in [4.69, 9.17) is 9.47 Å². The second-order valence-electron chi connectivity index (χ2n) is 8.67. The molecule has 0 fully saturated rings. The van der Waals surface area contributed by atoms with Gasteiger partial charge in [-0.1, -0.05) is 25.1 Å². The molecule has 1 aliphatic rings. The molecule has 2 aromatic rings. The van der Waals surface area contributed by atoms with Crippen molar-refractivity contribution in [2.24, 2.45) is 0 Å². The summed E-state index contributed by atoms with van der Waals surface area (Å²) in [6, 6.07) is 11.3. The van der Waals surface area contributed by atoms with Crippen molar-refractivity contribution in [3.05, 3.63) is 70.4 Å². The molecule has 9 nitrogen and oxygen atoms in total. The van der Waals surface area contributed by atoms with Gasteiger partial charge in [-0.3, -0.25) is 4.90 Å². The first-order chi connectivity index (χ1) is 17.2. The number of aryl methyl sites for hydroxylation is 2. The first kappa shape index (κ1) is 26.7. The summed E-state index contributed by atoms with van der Waals surface area (Å²) in [4.78, 5) is 40.1. The molecule has 0 aliphatic carbocycles. The zero-order valence-corrected chi connectivity index (χ0v) is 21.4. The maximum absolute atomic E-state index is 13.0. The molecule has 1 unspecified atom stereocenters. The number of esters is 1. The van der Waals surface area contributed by atoms with E-state index in [1.54, 1.807) is 36.1 Å². The van der Waals surface area contributed by atoms with E-state index >= 15 is 0 Å². The Morgan fingerprint density at radius 2 is 1.72 bits per heavy atom. The fourth-order valence-electron chi connectivity index (χ4n) is 3.99. The molecule has 0 bridgehead atoms. The Balaban J connectivity index is 1.85. The topological polar surface area (TPSA) is 109 Å². The van der Waals surface area contributed by atoms with E-state index in [1.807, 2.05) is 39.0 Å². The van der Waals surface area contributed by atoms with E-state index in [1.165, 1.54) is 7.11 Å². The lowest BCUT2D eigenvalue weighted by Crippen LogP contribution is -2.48. The van der Waals surface area contributed by atoms with E-state index in [0.717, 1.165) is 17.5 Å². The van der Waals surface area contributed by atoms with Crippen LogP contribution in [0.2, 0.25) is 0 Å². The molecule has 0 spiro atoms. The number of carbonyl (C=O) groups excluding carboxylic acids is 3. The Kier molecular flexibility index (Phi) is 9.08. The van der Waals surface area contributed by atoms with Crippen LogP contribution in [0.5, 0.6) is 0 Å². The van der Waals surface area contributed by atoms with Gasteiger partial charge in [0.2, 0.25) is 0 Å². The van der Waals surface area contributed by atoms with Crippen LogP contribution in [0.25, 0.3) is 0 Å². The molecule has 0 aromatic heterocycles. The Hall–Kier alpha value is -3.85. The third kappa shape index (κ3) is 6.42. The summed E-state index contributed by atoms with van der Waals surface area (Å²) in [5.41, 5.74) is 4.94. The van der Waals surface area contributed by atoms with Gasteiger partial charge in [0.15, 0.2) is 0 Å². The van der Waals surface area contributed by atoms with E-state index in [-0.39, 0.29) is 19.2 Å². The fourth-order valence-corrected chi connectivity index (χ4v) is 3.99. The minimum Gasteiger partial charge on any atom is -0.460 e. The number of rotatable bonds is 9. The largest absolute Gasteiger partial charge is 0.460 e. The van der Waals surface area contributed by atoms with Gasteiger partial charge < -0.3 is 25.4 Å². The van der Waals surface area contributed by atoms with Crippen LogP contribution in [0.3, 0.4) is 0 Å². The molecule has 2 aromatic carbocycles. The number of benzene rings is 2. The molecule has 1 heterocycles. The number of nitrogens with one attached hydrogen (secondary N) is 3. The lowest BCUT2D eigenvalue weighted by Gasteiger charge is -2.35. The van der Waals surface area contributed by atoms with Gasteiger partial charge in [-0.25, -0.2) is 14.4 Å². The summed E-state index contributed by atoms with van der Waals surface area (Å²) in [5, 5.41) is 8.56. The Bertz CT molecular complexity index is 1160. The van der Waals surface area contributed by atoms with E-state index in [9.17, 15) is 14.4 Å². The molecule has 4 amide bonds. The third-order valence-electron chi connectivity index (χ3n) is 6.03. The maximum atomic E-state index is 13.0. The van der Waals surface area contributed by atoms with Crippen LogP contribution in [0, 0.1) is 13.8 Å². The second kappa shape index (κ2) is 12.2. The third-order valence-corrected chi connectivity index (χ3v) is 6.03. The molecule has 3 N–H and O–H groups in total. The molecular formula is C27H34N4O5. The molecule has 9 heteroatoms. The van der Waals surface area contributed by atoms with Crippen LogP contribution in [-0.4, -0.2) is 49.8 Å². The van der Waals surface area contributed by atoms with E-state index in [2.05, 4.69) is 16.0 Å². The number of amides is 4. The van der Waals surface area contributed by atoms with Gasteiger partial charge >= 0.3 is 18.0 Å². The van der Waals surface area contributed by atoms with Gasteiger partial charge in [0, 0.05) is 30.7 Å². The van der Waals surface area contributed by atoms with Gasteiger partial charge in [0.05, 0.1) is 18.2 Å². The predicted octanol–water partition coefficient (Wildman–Crippen LogP) is 4.89. The van der Waals surface area contributed by atoms with E-state index < -0.39 is 18.0 Å². The van der Waals surface area contributed by atoms with Crippen molar-refractivity contribution in [2.45, 2.75) is 40.2 Å². The van der Waals surface area contributed by atoms with Crippen LogP contribution < -0.4 is 16.0 Å². The standard InChI is InChI=1S/C27H34N4O5/c1-6-12-31-19(4)23(25(32)36-14-13-35-5)24(30-27(31)34)20-8-7-9-21(16-20)28-26(33)29-22-11-10-17(2)18(3)15-22/h7-11,15-16,24H,6,12-14H2,1-5H3,(H,30,34)(H2,28,29,33). The first-order valence-corrected chi connectivity index (χ1v) is 11.9. The summed E-state index contributed by atoms with van der Waals surface area (Å²) < 4.78 is 10.4. The summed E-state index contributed by atoms with van der Waals surface area (Å²) in [6.45, 7) is 8.53. The smallest absolute Gasteiger partial charge is 0.338 e. The Labute approximate surface area is 211 Å². The number of carbonyl (C=O) groups is 3. The summed E-state index contributed by atoms with van der Waals surface area (Å²) in [6.07, 6.45) is 0.733. The quantitative estimate of drug-likeness (QED) is 0.340. The number of hydrogen-bond donors (Lipinski definition) is 3. The average Bonchev–Trinajstić information content (AvgIpc) is 2.84. The zero-order chi connectivity index (χ0) is 26.2. The van der Waals surface area contributed by atoms with Gasteiger partial charge in [-0.2, -0.15) is 0 Å². The maximum Gasteiger partial charge on any atom is 0.338 e. The van der Waals surface area contributed by atoms with Crippen molar-refractivity contribution >= 4 is 29.4 Å². The summed E-state index contributed by atoms with van der Waals surface area (Å²) in [5.74, 6) is -0.526. The van der Waals surface area contributed by atoms with Gasteiger partial charge in [0.25, 0.3) is 0 Å². The summed E-state index contributed by atoms with van der Waals surface area (Å²) in [7, 11) is 1.53. The van der Waals surface area contributed by atoms with Crippen molar-refractivity contribution in [3.63, 3.8) is 0 Å². The molecule has 0 saturated heterocycles. The normalized spacial score (nSPS) is 15.4. The molecular weight excluding hydrogens is 460 g/mol. The highest BCUT2D eigenvalue weighted by atomic mass is 16.6. The molecule has 1 aliphatic heterocycles. The minimum atomic E-state index is -0.731. The number of urea groups is 2. The molecule has 36 heavy (non-hydrogen) atoms. The monoisotopic (exact) mass is 494 g/mol. The van der Waals surface area contributed by atoms with Crippen LogP contribution in [0.1, 0.15) is 43.0 Å². The summed E-state index contributed by atoms with van der Waals surface area (Å²) >= 11 is 0. The van der Waals surface area contributed by atoms with Gasteiger partial charge in [-0.15, -0.1) is 0 Å². The van der Waals surface area contributed by atoms with Crippen LogP contribution in [-0.2, 0) is 14.3 Å². The van der Waals surface area contributed by atoms with Crippen molar-refractivity contribution in [1.82, 2.24) is 10.2 Å². The first-order valence-electron chi connectivity index (χ1n) is 11.9. The highest BCUT2D eigenvalue weighted by Crippen LogP contribution is 2.32. The lowest BCUT2D eigenvalue weighted by atomic mass is 9.94. The van der Waals surface area contributed by atoms with E-state index in [0.29, 0.717) is 34.8 Å². The lowest BCUT2D eigenvalue weighted by molar-refractivity contribution is -0.140. The van der Waals surface area contributed by atoms with Crippen molar-refractivity contribution in [2.75, 3.05) is 37.5 Å². The molecule has 3 rings (SSSR count).